The summed E-state index contributed by atoms with van der Waals surface area (Å²) in [5, 5.41) is 0. The Morgan fingerprint density at radius 2 is 1.32 bits per heavy atom. The van der Waals surface area contributed by atoms with E-state index in [4.69, 9.17) is 0 Å². The second-order valence-corrected chi connectivity index (χ2v) is 4.63. The fourth-order valence-electron chi connectivity index (χ4n) is 2.41. The number of hydrogen-bond donors (Lipinski definition) is 0. The predicted molar refractivity (Wildman–Crippen MR) is 81.0 cm³/mol. The highest BCUT2D eigenvalue weighted by atomic mass is 15.0. The highest BCUT2D eigenvalue weighted by molar-refractivity contribution is 5.72. The molecule has 0 atom stereocenters. The van der Waals surface area contributed by atoms with Crippen molar-refractivity contribution in [3.8, 4) is 22.4 Å². The van der Waals surface area contributed by atoms with Crippen LogP contribution in [0, 0.1) is 0 Å². The maximum absolute atomic E-state index is 2.30. The van der Waals surface area contributed by atoms with Gasteiger partial charge in [-0.05, 0) is 29.7 Å². The number of aryl methyl sites for hydroxylation is 1. The largest absolute Gasteiger partial charge is 0.347 e. The van der Waals surface area contributed by atoms with Crippen molar-refractivity contribution in [2.45, 2.75) is 13.5 Å². The fraction of sp³-hybridized carbons (Fsp3) is 0.111. The molecule has 2 aromatic carbocycles. The predicted octanol–water partition coefficient (Wildman–Crippen LogP) is 4.84. The molecule has 0 aliphatic carbocycles. The van der Waals surface area contributed by atoms with Crippen LogP contribution in [0.1, 0.15) is 6.92 Å². The van der Waals surface area contributed by atoms with Gasteiger partial charge in [-0.2, -0.15) is 0 Å². The van der Waals surface area contributed by atoms with Crippen LogP contribution in [0.15, 0.2) is 72.9 Å². The molecule has 0 unspecified atom stereocenters. The van der Waals surface area contributed by atoms with Crippen LogP contribution < -0.4 is 0 Å². The Balaban J connectivity index is 2.09. The molecule has 0 bridgehead atoms. The van der Waals surface area contributed by atoms with Gasteiger partial charge in [-0.15, -0.1) is 0 Å². The molecule has 0 spiro atoms. The van der Waals surface area contributed by atoms with Crippen molar-refractivity contribution in [1.29, 1.82) is 0 Å². The van der Waals surface area contributed by atoms with Crippen molar-refractivity contribution in [3.05, 3.63) is 72.9 Å². The van der Waals surface area contributed by atoms with E-state index in [1.807, 2.05) is 0 Å². The first-order valence-electron chi connectivity index (χ1n) is 6.69. The minimum Gasteiger partial charge on any atom is -0.347 e. The van der Waals surface area contributed by atoms with Crippen LogP contribution in [0.3, 0.4) is 0 Å². The molecule has 1 nitrogen and oxygen atoms in total. The first kappa shape index (κ1) is 11.8. The zero-order valence-electron chi connectivity index (χ0n) is 11.1. The summed E-state index contributed by atoms with van der Waals surface area (Å²) in [4.78, 5) is 0. The smallest absolute Gasteiger partial charge is 0.0486 e. The fourth-order valence-corrected chi connectivity index (χ4v) is 2.41. The van der Waals surface area contributed by atoms with Crippen LogP contribution in [0.4, 0.5) is 0 Å². The average molecular weight is 247 g/mol. The van der Waals surface area contributed by atoms with Gasteiger partial charge >= 0.3 is 0 Å². The molecular weight excluding hydrogens is 230 g/mol. The van der Waals surface area contributed by atoms with E-state index in [0.717, 1.165) is 6.54 Å². The number of rotatable bonds is 3. The minimum atomic E-state index is 0.983. The van der Waals surface area contributed by atoms with Crippen LogP contribution in [0.5, 0.6) is 0 Å². The lowest BCUT2D eigenvalue weighted by atomic mass is 10.1. The summed E-state index contributed by atoms with van der Waals surface area (Å²) in [5.74, 6) is 0. The summed E-state index contributed by atoms with van der Waals surface area (Å²) in [6.07, 6.45) is 2.23. The van der Waals surface area contributed by atoms with Crippen LogP contribution >= 0.6 is 0 Å². The Morgan fingerprint density at radius 3 is 1.89 bits per heavy atom. The van der Waals surface area contributed by atoms with Crippen molar-refractivity contribution in [1.82, 2.24) is 4.57 Å². The quantitative estimate of drug-likeness (QED) is 0.624. The molecule has 0 N–H and O–H groups in total. The van der Waals surface area contributed by atoms with E-state index in [1.54, 1.807) is 0 Å². The topological polar surface area (TPSA) is 4.93 Å². The van der Waals surface area contributed by atoms with Crippen molar-refractivity contribution in [3.63, 3.8) is 0 Å². The summed E-state index contributed by atoms with van der Waals surface area (Å²) in [6, 6.07) is 23.4. The molecule has 3 rings (SSSR count). The van der Waals surface area contributed by atoms with Gasteiger partial charge in [-0.1, -0.05) is 60.7 Å². The van der Waals surface area contributed by atoms with Gasteiger partial charge in [0.1, 0.15) is 0 Å². The van der Waals surface area contributed by atoms with Gasteiger partial charge < -0.3 is 4.57 Å². The molecule has 0 radical (unpaired) electrons. The third-order valence-electron chi connectivity index (χ3n) is 3.41. The first-order chi connectivity index (χ1) is 9.38. The molecular formula is C18H17N. The number of aromatic nitrogens is 1. The van der Waals surface area contributed by atoms with Crippen LogP contribution in [0.2, 0.25) is 0 Å². The average Bonchev–Trinajstić information content (AvgIpc) is 2.93. The van der Waals surface area contributed by atoms with E-state index in [-0.39, 0.29) is 0 Å². The lowest BCUT2D eigenvalue weighted by Crippen LogP contribution is -1.93. The van der Waals surface area contributed by atoms with Gasteiger partial charge in [0.05, 0.1) is 0 Å². The van der Waals surface area contributed by atoms with Crippen LogP contribution in [-0.2, 0) is 6.54 Å². The minimum absolute atomic E-state index is 0.983. The van der Waals surface area contributed by atoms with E-state index in [9.17, 15) is 0 Å². The van der Waals surface area contributed by atoms with Gasteiger partial charge in [0, 0.05) is 18.4 Å². The molecule has 0 saturated carbocycles. The summed E-state index contributed by atoms with van der Waals surface area (Å²) in [6.45, 7) is 3.16. The van der Waals surface area contributed by atoms with E-state index in [0.29, 0.717) is 0 Å². The van der Waals surface area contributed by atoms with E-state index in [1.165, 1.54) is 22.4 Å². The van der Waals surface area contributed by atoms with Gasteiger partial charge in [0.2, 0.25) is 0 Å². The lowest BCUT2D eigenvalue weighted by molar-refractivity contribution is 0.777. The van der Waals surface area contributed by atoms with E-state index in [2.05, 4.69) is 84.4 Å². The molecule has 0 amide bonds. The highest BCUT2D eigenvalue weighted by Gasteiger charge is 2.07. The molecule has 0 aliphatic heterocycles. The molecule has 1 heterocycles. The molecule has 1 aromatic heterocycles. The number of nitrogens with zero attached hydrogens (tertiary/aromatic N) is 1. The molecule has 0 saturated heterocycles. The van der Waals surface area contributed by atoms with Gasteiger partial charge in [0.15, 0.2) is 0 Å². The van der Waals surface area contributed by atoms with Gasteiger partial charge in [-0.25, -0.2) is 0 Å². The first-order valence-corrected chi connectivity index (χ1v) is 6.69. The third kappa shape index (κ3) is 2.32. The zero-order valence-corrected chi connectivity index (χ0v) is 11.1. The summed E-state index contributed by atoms with van der Waals surface area (Å²) in [7, 11) is 0. The van der Waals surface area contributed by atoms with Crippen molar-refractivity contribution in [2.24, 2.45) is 0 Å². The van der Waals surface area contributed by atoms with E-state index < -0.39 is 0 Å². The van der Waals surface area contributed by atoms with Crippen molar-refractivity contribution < 1.29 is 0 Å². The third-order valence-corrected chi connectivity index (χ3v) is 3.41. The molecule has 94 valence electrons. The lowest BCUT2D eigenvalue weighted by Gasteiger charge is -2.05. The van der Waals surface area contributed by atoms with Crippen molar-refractivity contribution in [2.75, 3.05) is 0 Å². The Labute approximate surface area is 114 Å². The van der Waals surface area contributed by atoms with Gasteiger partial charge in [0.25, 0.3) is 0 Å². The molecule has 0 aliphatic rings. The summed E-state index contributed by atoms with van der Waals surface area (Å²) >= 11 is 0. The Bertz CT molecular complexity index is 651. The zero-order chi connectivity index (χ0) is 13.1. The second kappa shape index (κ2) is 5.15. The Kier molecular flexibility index (Phi) is 3.20. The van der Waals surface area contributed by atoms with Crippen LogP contribution in [-0.4, -0.2) is 4.57 Å². The molecule has 1 heteroatoms. The summed E-state index contributed by atoms with van der Waals surface area (Å²) in [5.41, 5.74) is 5.10. The summed E-state index contributed by atoms with van der Waals surface area (Å²) < 4.78 is 2.30. The number of hydrogen-bond acceptors (Lipinski definition) is 0. The molecule has 3 aromatic rings. The molecule has 19 heavy (non-hydrogen) atoms. The normalized spacial score (nSPS) is 10.6. The van der Waals surface area contributed by atoms with E-state index >= 15 is 0 Å². The monoisotopic (exact) mass is 247 g/mol. The van der Waals surface area contributed by atoms with Crippen LogP contribution in [0.25, 0.3) is 22.4 Å². The Hall–Kier alpha value is -2.28. The maximum Gasteiger partial charge on any atom is 0.0486 e. The Morgan fingerprint density at radius 1 is 0.737 bits per heavy atom. The second-order valence-electron chi connectivity index (χ2n) is 4.63. The SMILES string of the molecule is CCn1cc(-c2ccccc2)cc1-c1ccccc1. The number of benzene rings is 2. The highest BCUT2D eigenvalue weighted by Crippen LogP contribution is 2.28. The molecule has 0 fully saturated rings. The maximum atomic E-state index is 2.30. The van der Waals surface area contributed by atoms with Gasteiger partial charge in [-0.3, -0.25) is 0 Å². The standard InChI is InChI=1S/C18H17N/c1-2-19-14-17(15-9-5-3-6-10-15)13-18(19)16-11-7-4-8-12-16/h3-14H,2H2,1H3. The van der Waals surface area contributed by atoms with Crippen molar-refractivity contribution >= 4 is 0 Å².